The van der Waals surface area contributed by atoms with Gasteiger partial charge in [0.05, 0.1) is 5.02 Å². The van der Waals surface area contributed by atoms with Crippen molar-refractivity contribution in [3.05, 3.63) is 62.1 Å². The Hall–Kier alpha value is -1.32. The van der Waals surface area contributed by atoms with E-state index in [4.69, 9.17) is 23.2 Å². The summed E-state index contributed by atoms with van der Waals surface area (Å²) in [6, 6.07) is 4.47. The molecule has 0 aliphatic heterocycles. The highest BCUT2D eigenvalue weighted by molar-refractivity contribution is 6.36. The topological polar surface area (TPSA) is 20.2 Å². The molecule has 0 radical (unpaired) electrons. The molecular weight excluding hydrogens is 353 g/mol. The van der Waals surface area contributed by atoms with Crippen LogP contribution in [0.5, 0.6) is 5.75 Å². The van der Waals surface area contributed by atoms with E-state index < -0.39 is 11.6 Å². The first kappa shape index (κ1) is 19.0. The van der Waals surface area contributed by atoms with Gasteiger partial charge in [0.25, 0.3) is 0 Å². The molecule has 2 rings (SSSR count). The number of hydrogen-bond acceptors (Lipinski definition) is 1. The van der Waals surface area contributed by atoms with E-state index in [-0.39, 0.29) is 28.7 Å². The molecular formula is C19H20Cl2F2O. The van der Waals surface area contributed by atoms with E-state index in [1.54, 1.807) is 19.9 Å². The monoisotopic (exact) mass is 372 g/mol. The molecule has 0 aliphatic carbocycles. The van der Waals surface area contributed by atoms with Crippen molar-refractivity contribution >= 4 is 23.2 Å². The fraction of sp³-hybridized carbons (Fsp3) is 0.368. The molecule has 24 heavy (non-hydrogen) atoms. The summed E-state index contributed by atoms with van der Waals surface area (Å²) in [5.74, 6) is -1.27. The van der Waals surface area contributed by atoms with Gasteiger partial charge in [-0.25, -0.2) is 8.78 Å². The average molecular weight is 373 g/mol. The quantitative estimate of drug-likeness (QED) is 0.582. The zero-order chi connectivity index (χ0) is 18.0. The number of phenolic OH excluding ortho intramolecular Hbond substituents is 1. The Labute approximate surface area is 151 Å². The molecule has 0 saturated heterocycles. The van der Waals surface area contributed by atoms with Crippen molar-refractivity contribution in [1.29, 1.82) is 0 Å². The summed E-state index contributed by atoms with van der Waals surface area (Å²) in [4.78, 5) is 0. The van der Waals surface area contributed by atoms with Crippen LogP contribution in [0.2, 0.25) is 10.0 Å². The lowest BCUT2D eigenvalue weighted by atomic mass is 9.94. The molecule has 2 aromatic rings. The van der Waals surface area contributed by atoms with Crippen molar-refractivity contribution in [2.75, 3.05) is 0 Å². The molecule has 0 saturated carbocycles. The van der Waals surface area contributed by atoms with Crippen LogP contribution in [0.25, 0.3) is 0 Å². The molecule has 0 unspecified atom stereocenters. The van der Waals surface area contributed by atoms with Gasteiger partial charge in [-0.05, 0) is 41.2 Å². The van der Waals surface area contributed by atoms with Gasteiger partial charge in [0.15, 0.2) is 0 Å². The van der Waals surface area contributed by atoms with E-state index in [2.05, 4.69) is 0 Å². The van der Waals surface area contributed by atoms with Gasteiger partial charge in [-0.2, -0.15) is 0 Å². The van der Waals surface area contributed by atoms with Gasteiger partial charge in [0.1, 0.15) is 17.4 Å². The number of aryl methyl sites for hydroxylation is 1. The molecule has 2 aromatic carbocycles. The highest BCUT2D eigenvalue weighted by Gasteiger charge is 2.20. The van der Waals surface area contributed by atoms with Crippen LogP contribution in [-0.2, 0) is 12.8 Å². The predicted octanol–water partition coefficient (Wildman–Crippen LogP) is 6.64. The largest absolute Gasteiger partial charge is 0.508 e. The van der Waals surface area contributed by atoms with Crippen LogP contribution in [0.4, 0.5) is 8.78 Å². The van der Waals surface area contributed by atoms with E-state index in [0.29, 0.717) is 28.1 Å². The molecule has 0 heterocycles. The minimum Gasteiger partial charge on any atom is -0.508 e. The first-order valence-electron chi connectivity index (χ1n) is 7.93. The molecule has 0 atom stereocenters. The number of phenols is 1. The molecule has 1 N–H and O–H groups in total. The lowest BCUT2D eigenvalue weighted by Crippen LogP contribution is -2.03. The predicted molar refractivity (Wildman–Crippen MR) is 95.4 cm³/mol. The van der Waals surface area contributed by atoms with Crippen LogP contribution in [0, 0.1) is 11.6 Å². The first-order chi connectivity index (χ1) is 11.3. The van der Waals surface area contributed by atoms with Gasteiger partial charge in [0, 0.05) is 17.0 Å². The second kappa shape index (κ2) is 7.71. The Balaban J connectivity index is 2.50. The van der Waals surface area contributed by atoms with E-state index in [1.807, 2.05) is 6.92 Å². The van der Waals surface area contributed by atoms with Crippen LogP contribution in [0.15, 0.2) is 18.2 Å². The third kappa shape index (κ3) is 3.68. The third-order valence-electron chi connectivity index (χ3n) is 4.03. The van der Waals surface area contributed by atoms with Gasteiger partial charge in [-0.15, -0.1) is 0 Å². The molecule has 0 amide bonds. The van der Waals surface area contributed by atoms with Gasteiger partial charge < -0.3 is 5.11 Å². The van der Waals surface area contributed by atoms with Crippen molar-refractivity contribution in [2.45, 2.75) is 46.0 Å². The molecule has 0 aromatic heterocycles. The lowest BCUT2D eigenvalue weighted by Gasteiger charge is -2.15. The Bertz CT molecular complexity index is 758. The molecule has 5 heteroatoms. The number of hydrogen-bond donors (Lipinski definition) is 1. The SMILES string of the molecule is CCCc1cc(Cl)c(Cc2ccc(O)c(C(C)C)c2F)c(Cl)c1F. The normalized spacial score (nSPS) is 11.3. The summed E-state index contributed by atoms with van der Waals surface area (Å²) in [5.41, 5.74) is 1.38. The zero-order valence-corrected chi connectivity index (χ0v) is 15.4. The van der Waals surface area contributed by atoms with Crippen molar-refractivity contribution in [1.82, 2.24) is 0 Å². The fourth-order valence-electron chi connectivity index (χ4n) is 2.80. The van der Waals surface area contributed by atoms with Crippen molar-refractivity contribution in [2.24, 2.45) is 0 Å². The number of benzene rings is 2. The Morgan fingerprint density at radius 1 is 1.08 bits per heavy atom. The van der Waals surface area contributed by atoms with Crippen LogP contribution >= 0.6 is 23.2 Å². The second-order valence-corrected chi connectivity index (χ2v) is 6.96. The number of rotatable bonds is 5. The van der Waals surface area contributed by atoms with Crippen LogP contribution in [-0.4, -0.2) is 5.11 Å². The summed E-state index contributed by atoms with van der Waals surface area (Å²) >= 11 is 12.4. The summed E-state index contributed by atoms with van der Waals surface area (Å²) in [6.07, 6.45) is 1.37. The maximum Gasteiger partial charge on any atom is 0.145 e. The molecule has 0 fully saturated rings. The highest BCUT2D eigenvalue weighted by atomic mass is 35.5. The maximum atomic E-state index is 14.7. The molecule has 0 aliphatic rings. The molecule has 0 spiro atoms. The lowest BCUT2D eigenvalue weighted by molar-refractivity contribution is 0.452. The van der Waals surface area contributed by atoms with Gasteiger partial charge >= 0.3 is 0 Å². The minimum atomic E-state index is -0.504. The molecule has 1 nitrogen and oxygen atoms in total. The average Bonchev–Trinajstić information content (AvgIpc) is 2.51. The van der Waals surface area contributed by atoms with Gasteiger partial charge in [0.2, 0.25) is 0 Å². The number of halogens is 4. The Morgan fingerprint density at radius 3 is 2.33 bits per heavy atom. The van der Waals surface area contributed by atoms with E-state index in [9.17, 15) is 13.9 Å². The summed E-state index contributed by atoms with van der Waals surface area (Å²) in [5, 5.41) is 10.1. The van der Waals surface area contributed by atoms with Crippen LogP contribution < -0.4 is 0 Å². The first-order valence-corrected chi connectivity index (χ1v) is 8.68. The fourth-order valence-corrected chi connectivity index (χ4v) is 3.43. The third-order valence-corrected chi connectivity index (χ3v) is 4.76. The Kier molecular flexibility index (Phi) is 6.11. The van der Waals surface area contributed by atoms with E-state index in [0.717, 1.165) is 6.42 Å². The van der Waals surface area contributed by atoms with E-state index >= 15 is 0 Å². The number of aromatic hydroxyl groups is 1. The van der Waals surface area contributed by atoms with E-state index in [1.165, 1.54) is 12.1 Å². The smallest absolute Gasteiger partial charge is 0.145 e. The van der Waals surface area contributed by atoms with Crippen molar-refractivity contribution in [3.8, 4) is 5.75 Å². The van der Waals surface area contributed by atoms with Crippen molar-refractivity contribution < 1.29 is 13.9 Å². The standard InChI is InChI=1S/C19H20Cl2F2O/c1-4-5-11-9-14(20)13(17(21)19(11)23)8-12-6-7-15(24)16(10(2)3)18(12)22/h6-7,9-10,24H,4-5,8H2,1-3H3. The zero-order valence-electron chi connectivity index (χ0n) is 13.9. The maximum absolute atomic E-state index is 14.7. The molecule has 0 bridgehead atoms. The summed E-state index contributed by atoms with van der Waals surface area (Å²) in [6.45, 7) is 5.52. The second-order valence-electron chi connectivity index (χ2n) is 6.18. The Morgan fingerprint density at radius 2 is 1.75 bits per heavy atom. The summed E-state index contributed by atoms with van der Waals surface area (Å²) in [7, 11) is 0. The van der Waals surface area contributed by atoms with Crippen LogP contribution in [0.1, 0.15) is 55.4 Å². The van der Waals surface area contributed by atoms with Crippen molar-refractivity contribution in [3.63, 3.8) is 0 Å². The highest BCUT2D eigenvalue weighted by Crippen LogP contribution is 2.35. The summed E-state index contributed by atoms with van der Waals surface area (Å²) < 4.78 is 29.1. The van der Waals surface area contributed by atoms with Gasteiger partial charge in [-0.3, -0.25) is 0 Å². The van der Waals surface area contributed by atoms with Crippen LogP contribution in [0.3, 0.4) is 0 Å². The minimum absolute atomic E-state index is 0.0623. The van der Waals surface area contributed by atoms with Gasteiger partial charge in [-0.1, -0.05) is 56.5 Å². The molecule has 130 valence electrons.